The Morgan fingerprint density at radius 2 is 2.10 bits per heavy atom. The molecular formula is C13H20N2O4S. The van der Waals surface area contributed by atoms with Crippen molar-refractivity contribution < 1.29 is 17.9 Å². The van der Waals surface area contributed by atoms with Crippen LogP contribution in [0.4, 0.5) is 5.69 Å². The van der Waals surface area contributed by atoms with Gasteiger partial charge in [-0.25, -0.2) is 8.42 Å². The molecule has 0 aliphatic carbocycles. The lowest BCUT2D eigenvalue weighted by Gasteiger charge is -2.15. The first-order valence-electron chi connectivity index (χ1n) is 6.17. The first-order valence-corrected chi connectivity index (χ1v) is 7.72. The predicted octanol–water partition coefficient (Wildman–Crippen LogP) is 0.502. The summed E-state index contributed by atoms with van der Waals surface area (Å²) in [7, 11) is -2.23. The van der Waals surface area contributed by atoms with Gasteiger partial charge in [0.05, 0.1) is 11.5 Å². The molecule has 7 heteroatoms. The minimum Gasteiger partial charge on any atom is -0.399 e. The van der Waals surface area contributed by atoms with Gasteiger partial charge in [0.15, 0.2) is 9.84 Å². The van der Waals surface area contributed by atoms with Gasteiger partial charge in [-0.2, -0.15) is 0 Å². The Labute approximate surface area is 119 Å². The van der Waals surface area contributed by atoms with Crippen molar-refractivity contribution in [3.63, 3.8) is 0 Å². The number of anilines is 1. The summed E-state index contributed by atoms with van der Waals surface area (Å²) >= 11 is 0. The van der Waals surface area contributed by atoms with E-state index >= 15 is 0 Å². The van der Waals surface area contributed by atoms with Gasteiger partial charge in [0.1, 0.15) is 5.25 Å². The van der Waals surface area contributed by atoms with Crippen LogP contribution in [-0.4, -0.2) is 39.8 Å². The van der Waals surface area contributed by atoms with Crippen LogP contribution >= 0.6 is 0 Å². The van der Waals surface area contributed by atoms with Gasteiger partial charge in [-0.15, -0.1) is 0 Å². The molecule has 1 aromatic carbocycles. The van der Waals surface area contributed by atoms with Crippen molar-refractivity contribution in [2.24, 2.45) is 0 Å². The molecule has 0 radical (unpaired) electrons. The molecular weight excluding hydrogens is 280 g/mol. The van der Waals surface area contributed by atoms with Crippen molar-refractivity contribution in [2.45, 2.75) is 24.0 Å². The van der Waals surface area contributed by atoms with Gasteiger partial charge in [-0.3, -0.25) is 4.79 Å². The molecule has 1 atom stereocenters. The van der Waals surface area contributed by atoms with Crippen molar-refractivity contribution in [3.8, 4) is 0 Å². The molecule has 3 N–H and O–H groups in total. The monoisotopic (exact) mass is 300 g/mol. The van der Waals surface area contributed by atoms with E-state index in [-0.39, 0.29) is 11.4 Å². The number of rotatable bonds is 6. The van der Waals surface area contributed by atoms with Crippen molar-refractivity contribution in [1.82, 2.24) is 5.32 Å². The third-order valence-electron chi connectivity index (χ3n) is 2.95. The summed E-state index contributed by atoms with van der Waals surface area (Å²) in [4.78, 5) is 12.0. The summed E-state index contributed by atoms with van der Waals surface area (Å²) in [6.07, 6.45) is 0. The minimum absolute atomic E-state index is 0.126. The zero-order chi connectivity index (χ0) is 15.3. The van der Waals surface area contributed by atoms with Gasteiger partial charge in [-0.1, -0.05) is 0 Å². The van der Waals surface area contributed by atoms with E-state index in [9.17, 15) is 13.2 Å². The van der Waals surface area contributed by atoms with Crippen molar-refractivity contribution in [3.05, 3.63) is 23.8 Å². The zero-order valence-corrected chi connectivity index (χ0v) is 12.7. The molecule has 0 fully saturated rings. The van der Waals surface area contributed by atoms with Crippen LogP contribution in [0.1, 0.15) is 12.5 Å². The number of nitrogens with one attached hydrogen (secondary N) is 1. The number of amides is 1. The fourth-order valence-corrected chi connectivity index (χ4v) is 3.25. The molecule has 0 saturated heterocycles. The highest BCUT2D eigenvalue weighted by molar-refractivity contribution is 7.92. The standard InChI is InChI=1S/C13H20N2O4S/c1-9-8-11(14)4-5-12(9)20(17,18)10(2)13(16)15-6-7-19-3/h4-5,8,10H,6-7,14H2,1-3H3,(H,15,16). The Kier molecular flexibility index (Phi) is 5.52. The smallest absolute Gasteiger partial charge is 0.238 e. The van der Waals surface area contributed by atoms with E-state index in [1.165, 1.54) is 26.2 Å². The van der Waals surface area contributed by atoms with Crippen LogP contribution in [0.15, 0.2) is 23.1 Å². The largest absolute Gasteiger partial charge is 0.399 e. The number of hydrogen-bond acceptors (Lipinski definition) is 5. The number of carbonyl (C=O) groups excluding carboxylic acids is 1. The molecule has 0 saturated carbocycles. The Balaban J connectivity index is 2.95. The molecule has 0 heterocycles. The molecule has 0 aliphatic rings. The van der Waals surface area contributed by atoms with Crippen LogP contribution in [0, 0.1) is 6.92 Å². The van der Waals surface area contributed by atoms with Gasteiger partial charge in [0.25, 0.3) is 0 Å². The number of hydrogen-bond donors (Lipinski definition) is 2. The Bertz CT molecular complexity index is 584. The van der Waals surface area contributed by atoms with Crippen LogP contribution < -0.4 is 11.1 Å². The van der Waals surface area contributed by atoms with Gasteiger partial charge >= 0.3 is 0 Å². The van der Waals surface area contributed by atoms with Gasteiger partial charge in [0.2, 0.25) is 5.91 Å². The number of methoxy groups -OCH3 is 1. The van der Waals surface area contributed by atoms with E-state index in [2.05, 4.69) is 5.32 Å². The molecule has 1 amide bonds. The number of benzene rings is 1. The van der Waals surface area contributed by atoms with E-state index in [4.69, 9.17) is 10.5 Å². The lowest BCUT2D eigenvalue weighted by Crippen LogP contribution is -2.39. The highest BCUT2D eigenvalue weighted by Gasteiger charge is 2.30. The third-order valence-corrected chi connectivity index (χ3v) is 5.16. The summed E-state index contributed by atoms with van der Waals surface area (Å²) in [5.74, 6) is -0.543. The number of ether oxygens (including phenoxy) is 1. The van der Waals surface area contributed by atoms with Gasteiger partial charge < -0.3 is 15.8 Å². The van der Waals surface area contributed by atoms with E-state index in [0.717, 1.165) is 0 Å². The van der Waals surface area contributed by atoms with Crippen LogP contribution in [0.2, 0.25) is 0 Å². The lowest BCUT2D eigenvalue weighted by molar-refractivity contribution is -0.120. The maximum Gasteiger partial charge on any atom is 0.238 e. The Morgan fingerprint density at radius 3 is 2.65 bits per heavy atom. The van der Waals surface area contributed by atoms with Crippen LogP contribution in [-0.2, 0) is 19.4 Å². The SMILES string of the molecule is COCCNC(=O)C(C)S(=O)(=O)c1ccc(N)cc1C. The van der Waals surface area contributed by atoms with E-state index < -0.39 is 21.0 Å². The summed E-state index contributed by atoms with van der Waals surface area (Å²) in [6.45, 7) is 3.63. The third kappa shape index (κ3) is 3.71. The van der Waals surface area contributed by atoms with Crippen LogP contribution in [0.25, 0.3) is 0 Å². The van der Waals surface area contributed by atoms with E-state index in [1.807, 2.05) is 0 Å². The van der Waals surface area contributed by atoms with Crippen LogP contribution in [0.3, 0.4) is 0 Å². The Hall–Kier alpha value is -1.60. The van der Waals surface area contributed by atoms with Gasteiger partial charge in [-0.05, 0) is 37.6 Å². The second-order valence-electron chi connectivity index (χ2n) is 4.50. The normalized spacial score (nSPS) is 12.9. The summed E-state index contributed by atoms with van der Waals surface area (Å²) in [5.41, 5.74) is 6.61. The molecule has 6 nitrogen and oxygen atoms in total. The number of sulfone groups is 1. The predicted molar refractivity (Wildman–Crippen MR) is 77.1 cm³/mol. The number of nitrogens with two attached hydrogens (primary N) is 1. The quantitative estimate of drug-likeness (QED) is 0.589. The minimum atomic E-state index is -3.73. The van der Waals surface area contributed by atoms with E-state index in [1.54, 1.807) is 13.0 Å². The molecule has 0 spiro atoms. The summed E-state index contributed by atoms with van der Waals surface area (Å²) in [5, 5.41) is 1.36. The topological polar surface area (TPSA) is 98.5 Å². The summed E-state index contributed by atoms with van der Waals surface area (Å²) < 4.78 is 29.6. The molecule has 1 aromatic rings. The number of carbonyl (C=O) groups is 1. The zero-order valence-electron chi connectivity index (χ0n) is 11.8. The molecule has 0 bridgehead atoms. The fraction of sp³-hybridized carbons (Fsp3) is 0.462. The number of aryl methyl sites for hydroxylation is 1. The second kappa shape index (κ2) is 6.71. The van der Waals surface area contributed by atoms with Gasteiger partial charge in [0, 0.05) is 19.3 Å². The maximum atomic E-state index is 12.4. The fourth-order valence-electron chi connectivity index (χ4n) is 1.74. The molecule has 112 valence electrons. The van der Waals surface area contributed by atoms with Crippen molar-refractivity contribution in [2.75, 3.05) is 26.0 Å². The highest BCUT2D eigenvalue weighted by Crippen LogP contribution is 2.22. The molecule has 20 heavy (non-hydrogen) atoms. The molecule has 0 aromatic heterocycles. The average Bonchev–Trinajstić information content (AvgIpc) is 2.37. The second-order valence-corrected chi connectivity index (χ2v) is 6.73. The van der Waals surface area contributed by atoms with Crippen LogP contribution in [0.5, 0.6) is 0 Å². The molecule has 0 aliphatic heterocycles. The maximum absolute atomic E-state index is 12.4. The first kappa shape index (κ1) is 16.5. The van der Waals surface area contributed by atoms with Crippen molar-refractivity contribution in [1.29, 1.82) is 0 Å². The average molecular weight is 300 g/mol. The lowest BCUT2D eigenvalue weighted by atomic mass is 10.2. The number of nitrogen functional groups attached to an aromatic ring is 1. The van der Waals surface area contributed by atoms with E-state index in [0.29, 0.717) is 17.9 Å². The molecule has 1 rings (SSSR count). The van der Waals surface area contributed by atoms with Crippen molar-refractivity contribution >= 4 is 21.4 Å². The summed E-state index contributed by atoms with van der Waals surface area (Å²) in [6, 6.07) is 4.51. The first-order chi connectivity index (χ1) is 9.30. The Morgan fingerprint density at radius 1 is 1.45 bits per heavy atom. The highest BCUT2D eigenvalue weighted by atomic mass is 32.2. The molecule has 1 unspecified atom stereocenters.